The van der Waals surface area contributed by atoms with Gasteiger partial charge < -0.3 is 24.6 Å². The van der Waals surface area contributed by atoms with Gasteiger partial charge in [0.15, 0.2) is 0 Å². The van der Waals surface area contributed by atoms with Crippen LogP contribution in [0.5, 0.6) is 0 Å². The Morgan fingerprint density at radius 3 is 2.07 bits per heavy atom. The number of hydrogen-bond donors (Lipinski definition) is 3. The summed E-state index contributed by atoms with van der Waals surface area (Å²) in [5.41, 5.74) is 0.543. The molecule has 0 aromatic heterocycles. The summed E-state index contributed by atoms with van der Waals surface area (Å²) in [6, 6.07) is 13.4. The first-order valence-electron chi connectivity index (χ1n) is 15.6. The fourth-order valence-electron chi connectivity index (χ4n) is 6.07. The molecule has 1 amide bonds. The van der Waals surface area contributed by atoms with Gasteiger partial charge in [-0.25, -0.2) is 14.4 Å². The number of carboxylic acid groups (broad SMARTS) is 2. The Morgan fingerprint density at radius 1 is 0.889 bits per heavy atom. The van der Waals surface area contributed by atoms with Crippen molar-refractivity contribution in [2.75, 3.05) is 6.61 Å². The molecule has 1 heterocycles. The van der Waals surface area contributed by atoms with Crippen LogP contribution in [-0.2, 0) is 30.5 Å². The maximum atomic E-state index is 13.6. The molecule has 3 N–H and O–H groups in total. The van der Waals surface area contributed by atoms with Gasteiger partial charge in [-0.2, -0.15) is 0 Å². The summed E-state index contributed by atoms with van der Waals surface area (Å²) >= 11 is 0. The zero-order chi connectivity index (χ0) is 32.9. The summed E-state index contributed by atoms with van der Waals surface area (Å²) in [4.78, 5) is 61.8. The average molecular weight is 625 g/mol. The highest BCUT2D eigenvalue weighted by Gasteiger charge is 2.49. The standard InChI is InChI=1S/C26H38N2O5.C8H6O4/c1-4-11-21(25(30)32-5-2)27-18(3)24(29)28-22-15-10-9-14-20(22)16-23(28)26(31)33-17-19-12-7-6-8-13-19;9-7(10)5-3-1-2-4-6(5)8(11)12/h6-8,12-13,18,20-23,27H,4-5,9-11,14-17H2,1-3H3;1-4H,(H,9,10)(H,11,12)/t18-,20-,21-,22-,23-;/m0./s1. The fourth-order valence-corrected chi connectivity index (χ4v) is 6.07. The number of esters is 2. The first-order valence-corrected chi connectivity index (χ1v) is 15.6. The molecule has 1 saturated heterocycles. The minimum absolute atomic E-state index is 0.0528. The maximum absolute atomic E-state index is 13.6. The molecule has 0 bridgehead atoms. The molecule has 5 atom stereocenters. The molecule has 2 fully saturated rings. The Kier molecular flexibility index (Phi) is 13.5. The second kappa shape index (κ2) is 17.3. The van der Waals surface area contributed by atoms with Gasteiger partial charge in [0.2, 0.25) is 5.91 Å². The molecule has 1 aliphatic heterocycles. The summed E-state index contributed by atoms with van der Waals surface area (Å²) in [6.07, 6.45) is 6.14. The predicted molar refractivity (Wildman–Crippen MR) is 166 cm³/mol. The highest BCUT2D eigenvalue weighted by molar-refractivity contribution is 6.01. The van der Waals surface area contributed by atoms with E-state index in [0.717, 1.165) is 37.7 Å². The number of hydrogen-bond acceptors (Lipinski definition) is 8. The van der Waals surface area contributed by atoms with Gasteiger partial charge in [-0.15, -0.1) is 0 Å². The lowest BCUT2D eigenvalue weighted by atomic mass is 9.84. The summed E-state index contributed by atoms with van der Waals surface area (Å²) in [5.74, 6) is -2.96. The van der Waals surface area contributed by atoms with Gasteiger partial charge in [0.25, 0.3) is 0 Å². The summed E-state index contributed by atoms with van der Waals surface area (Å²) in [6.45, 7) is 6.03. The fraction of sp³-hybridized carbons (Fsp3) is 0.500. The van der Waals surface area contributed by atoms with E-state index in [9.17, 15) is 24.0 Å². The second-order valence-electron chi connectivity index (χ2n) is 11.3. The molecule has 11 heteroatoms. The summed E-state index contributed by atoms with van der Waals surface area (Å²) in [7, 11) is 0. The van der Waals surface area contributed by atoms with Crippen LogP contribution in [-0.4, -0.2) is 75.7 Å². The van der Waals surface area contributed by atoms with Gasteiger partial charge in [-0.1, -0.05) is 68.7 Å². The van der Waals surface area contributed by atoms with Gasteiger partial charge in [0.1, 0.15) is 18.7 Å². The van der Waals surface area contributed by atoms with Gasteiger partial charge in [-0.3, -0.25) is 14.9 Å². The van der Waals surface area contributed by atoms with Crippen LogP contribution in [0, 0.1) is 5.92 Å². The molecule has 0 spiro atoms. The first kappa shape index (κ1) is 35.2. The number of amides is 1. The van der Waals surface area contributed by atoms with Crippen molar-refractivity contribution in [3.63, 3.8) is 0 Å². The van der Waals surface area contributed by atoms with Crippen LogP contribution >= 0.6 is 0 Å². The van der Waals surface area contributed by atoms with E-state index in [1.54, 1.807) is 18.7 Å². The van der Waals surface area contributed by atoms with Crippen molar-refractivity contribution in [1.29, 1.82) is 0 Å². The number of carbonyl (C=O) groups is 5. The van der Waals surface area contributed by atoms with Crippen molar-refractivity contribution < 1.29 is 43.7 Å². The highest BCUT2D eigenvalue weighted by atomic mass is 16.5. The minimum atomic E-state index is -1.23. The van der Waals surface area contributed by atoms with Crippen molar-refractivity contribution >= 4 is 29.8 Å². The lowest BCUT2D eigenvalue weighted by molar-refractivity contribution is -0.157. The van der Waals surface area contributed by atoms with E-state index in [2.05, 4.69) is 5.32 Å². The molecular formula is C34H44N2O9. The van der Waals surface area contributed by atoms with Gasteiger partial charge >= 0.3 is 23.9 Å². The molecule has 2 aromatic rings. The quantitative estimate of drug-likeness (QED) is 0.283. The molecule has 2 aromatic carbocycles. The van der Waals surface area contributed by atoms with Crippen molar-refractivity contribution in [2.24, 2.45) is 5.92 Å². The third kappa shape index (κ3) is 9.62. The van der Waals surface area contributed by atoms with E-state index in [1.807, 2.05) is 37.3 Å². The number of fused-ring (bicyclic) bond motifs is 1. The molecule has 11 nitrogen and oxygen atoms in total. The van der Waals surface area contributed by atoms with Crippen molar-refractivity contribution in [1.82, 2.24) is 10.2 Å². The average Bonchev–Trinajstić information content (AvgIpc) is 3.43. The summed E-state index contributed by atoms with van der Waals surface area (Å²) in [5, 5.41) is 20.3. The molecule has 1 saturated carbocycles. The number of nitrogens with one attached hydrogen (secondary N) is 1. The number of ether oxygens (including phenoxy) is 2. The molecule has 45 heavy (non-hydrogen) atoms. The van der Waals surface area contributed by atoms with Crippen LogP contribution < -0.4 is 5.32 Å². The topological polar surface area (TPSA) is 160 Å². The van der Waals surface area contributed by atoms with E-state index >= 15 is 0 Å². The number of carboxylic acids is 2. The van der Waals surface area contributed by atoms with E-state index in [0.29, 0.717) is 25.4 Å². The van der Waals surface area contributed by atoms with Crippen molar-refractivity contribution in [3.05, 3.63) is 71.3 Å². The molecule has 244 valence electrons. The minimum Gasteiger partial charge on any atom is -0.478 e. The molecule has 4 rings (SSSR count). The summed E-state index contributed by atoms with van der Waals surface area (Å²) < 4.78 is 10.8. The highest BCUT2D eigenvalue weighted by Crippen LogP contribution is 2.40. The van der Waals surface area contributed by atoms with Crippen LogP contribution in [0.4, 0.5) is 0 Å². The number of rotatable bonds is 12. The van der Waals surface area contributed by atoms with Crippen molar-refractivity contribution in [2.45, 2.75) is 96.5 Å². The Balaban J connectivity index is 0.000000385. The Morgan fingerprint density at radius 2 is 1.49 bits per heavy atom. The molecular weight excluding hydrogens is 580 g/mol. The lowest BCUT2D eigenvalue weighted by Crippen LogP contribution is -2.55. The van der Waals surface area contributed by atoms with Crippen LogP contribution in [0.15, 0.2) is 54.6 Å². The molecule has 2 aliphatic rings. The van der Waals surface area contributed by atoms with Crippen molar-refractivity contribution in [3.8, 4) is 0 Å². The number of aromatic carboxylic acids is 2. The van der Waals surface area contributed by atoms with Gasteiger partial charge in [0, 0.05) is 6.04 Å². The van der Waals surface area contributed by atoms with Crippen LogP contribution in [0.3, 0.4) is 0 Å². The third-order valence-electron chi connectivity index (χ3n) is 8.20. The zero-order valence-electron chi connectivity index (χ0n) is 26.1. The predicted octanol–water partition coefficient (Wildman–Crippen LogP) is 4.68. The van der Waals surface area contributed by atoms with E-state index < -0.39 is 30.1 Å². The molecule has 1 aliphatic carbocycles. The number of benzene rings is 2. The van der Waals surface area contributed by atoms with E-state index in [-0.39, 0.29) is 41.6 Å². The molecule has 0 radical (unpaired) electrons. The van der Waals surface area contributed by atoms with Crippen LogP contribution in [0.25, 0.3) is 0 Å². The number of nitrogens with zero attached hydrogens (tertiary/aromatic N) is 1. The zero-order valence-corrected chi connectivity index (χ0v) is 26.1. The van der Waals surface area contributed by atoms with Crippen LogP contribution in [0.1, 0.15) is 92.0 Å². The second-order valence-corrected chi connectivity index (χ2v) is 11.3. The SMILES string of the molecule is CCC[C@H](N[C@@H](C)C(=O)N1[C@H](C(=O)OCc2ccccc2)C[C@@H]2CCCC[C@@H]21)C(=O)OCC.O=C(O)c1ccccc1C(=O)O. The first-order chi connectivity index (χ1) is 21.6. The smallest absolute Gasteiger partial charge is 0.336 e. The Labute approximate surface area is 263 Å². The lowest BCUT2D eigenvalue weighted by Gasteiger charge is -2.35. The molecule has 0 unspecified atom stereocenters. The largest absolute Gasteiger partial charge is 0.478 e. The monoisotopic (exact) mass is 624 g/mol. The van der Waals surface area contributed by atoms with Gasteiger partial charge in [-0.05, 0) is 63.1 Å². The normalized spacial score (nSPS) is 20.1. The van der Waals surface area contributed by atoms with Gasteiger partial charge in [0.05, 0.1) is 23.8 Å². The Bertz CT molecular complexity index is 1280. The van der Waals surface area contributed by atoms with E-state index in [1.165, 1.54) is 24.3 Å². The number of likely N-dealkylation sites (tertiary alicyclic amines) is 1. The third-order valence-corrected chi connectivity index (χ3v) is 8.20. The van der Waals surface area contributed by atoms with E-state index in [4.69, 9.17) is 19.7 Å². The maximum Gasteiger partial charge on any atom is 0.336 e. The number of carbonyl (C=O) groups excluding carboxylic acids is 3. The Hall–Kier alpha value is -4.25. The van der Waals surface area contributed by atoms with Crippen LogP contribution in [0.2, 0.25) is 0 Å².